The Labute approximate surface area is 246 Å². The van der Waals surface area contributed by atoms with Crippen LogP contribution in [0, 0.1) is 10.1 Å². The van der Waals surface area contributed by atoms with E-state index in [1.165, 1.54) is 0 Å². The minimum Gasteiger partial charge on any atom is -0.478 e. The molecule has 0 radical (unpaired) electrons. The standard InChI is InChI=1S/C34H25ClN4O3/c35-21-16-17-27-23(19-21)30-33(24-12-5-4-11-22(24)29-31(33)37-26-14-7-6-13-25(26)36-29)38-18-8-15-28(38)34(30,39(40)41)32(42-27)20-9-2-1-3-10-20/h1-7,9-14,16-17,19,28,30,32H,8,15,18H2/t28-,30+,32+,33+,34+/m0/s1. The van der Waals surface area contributed by atoms with E-state index in [1.54, 1.807) is 6.07 Å². The molecule has 0 N–H and O–H groups in total. The normalized spacial score (nSPS) is 28.5. The maximum Gasteiger partial charge on any atom is 0.286 e. The van der Waals surface area contributed by atoms with Crippen molar-refractivity contribution in [2.75, 3.05) is 6.54 Å². The SMILES string of the molecule is O=[N+]([O-])[C@@]12[C@@H](c3ccccc3)Oc3ccc(Cl)cc3[C@@H]1[C@@]1(c3ccccc3-c3nc4ccccc4nc31)N1CCC[C@H]12. The van der Waals surface area contributed by atoms with E-state index < -0.39 is 29.1 Å². The Hall–Kier alpha value is -4.33. The smallest absolute Gasteiger partial charge is 0.286 e. The lowest BCUT2D eigenvalue weighted by Gasteiger charge is -2.45. The third kappa shape index (κ3) is 2.76. The molecular formula is C34H25ClN4O3. The Kier molecular flexibility index (Phi) is 4.84. The molecule has 1 aromatic heterocycles. The molecule has 8 heteroatoms. The largest absolute Gasteiger partial charge is 0.478 e. The van der Waals surface area contributed by atoms with E-state index in [9.17, 15) is 10.1 Å². The molecule has 5 aromatic rings. The number of aromatic nitrogens is 2. The van der Waals surface area contributed by atoms with E-state index >= 15 is 0 Å². The minimum absolute atomic E-state index is 0.0357. The highest BCUT2D eigenvalue weighted by molar-refractivity contribution is 6.30. The number of rotatable bonds is 2. The van der Waals surface area contributed by atoms with Crippen molar-refractivity contribution in [3.05, 3.63) is 135 Å². The summed E-state index contributed by atoms with van der Waals surface area (Å²) in [6.07, 6.45) is 0.708. The van der Waals surface area contributed by atoms with Crippen LogP contribution in [0.5, 0.6) is 5.75 Å². The Bertz CT molecular complexity index is 1950. The lowest BCUT2D eigenvalue weighted by Crippen LogP contribution is -2.59. The minimum atomic E-state index is -1.52. The molecule has 2 fully saturated rings. The molecule has 42 heavy (non-hydrogen) atoms. The van der Waals surface area contributed by atoms with Gasteiger partial charge in [-0.15, -0.1) is 0 Å². The van der Waals surface area contributed by atoms with Gasteiger partial charge in [-0.05, 0) is 54.3 Å². The van der Waals surface area contributed by atoms with Gasteiger partial charge in [-0.2, -0.15) is 0 Å². The van der Waals surface area contributed by atoms with Gasteiger partial charge in [0.15, 0.2) is 6.10 Å². The van der Waals surface area contributed by atoms with Gasteiger partial charge in [-0.1, -0.05) is 78.3 Å². The predicted molar refractivity (Wildman–Crippen MR) is 159 cm³/mol. The number of nitrogens with zero attached hydrogens (tertiary/aromatic N) is 4. The van der Waals surface area contributed by atoms with Crippen molar-refractivity contribution in [1.82, 2.24) is 14.9 Å². The summed E-state index contributed by atoms with van der Waals surface area (Å²) < 4.78 is 6.75. The number of halogens is 1. The zero-order valence-corrected chi connectivity index (χ0v) is 23.2. The lowest BCUT2D eigenvalue weighted by atomic mass is 9.62. The van der Waals surface area contributed by atoms with E-state index in [-0.39, 0.29) is 4.92 Å². The number of para-hydroxylation sites is 2. The highest BCUT2D eigenvalue weighted by atomic mass is 35.5. The van der Waals surface area contributed by atoms with Gasteiger partial charge in [0.2, 0.25) is 0 Å². The quantitative estimate of drug-likeness (QED) is 0.169. The molecule has 4 aromatic carbocycles. The fourth-order valence-electron chi connectivity index (χ4n) is 8.71. The second kappa shape index (κ2) is 8.37. The molecule has 2 saturated heterocycles. The molecule has 3 aliphatic heterocycles. The summed E-state index contributed by atoms with van der Waals surface area (Å²) in [5.41, 5.74) is 4.22. The molecular weight excluding hydrogens is 548 g/mol. The molecule has 0 bridgehead atoms. The number of ether oxygens (including phenoxy) is 1. The fraction of sp³-hybridized carbons (Fsp3) is 0.235. The number of hydrogen-bond donors (Lipinski definition) is 0. The van der Waals surface area contributed by atoms with E-state index in [0.717, 1.165) is 51.1 Å². The van der Waals surface area contributed by atoms with E-state index in [2.05, 4.69) is 17.0 Å². The molecule has 1 spiro atoms. The van der Waals surface area contributed by atoms with Gasteiger partial charge in [0.05, 0.1) is 34.4 Å². The van der Waals surface area contributed by atoms with Crippen LogP contribution in [0.15, 0.2) is 97.1 Å². The Morgan fingerprint density at radius 2 is 1.67 bits per heavy atom. The third-order valence-electron chi connectivity index (χ3n) is 10.0. The summed E-state index contributed by atoms with van der Waals surface area (Å²) in [4.78, 5) is 26.8. The Balaban J connectivity index is 1.47. The van der Waals surface area contributed by atoms with Crippen molar-refractivity contribution in [1.29, 1.82) is 0 Å². The second-order valence-corrected chi connectivity index (χ2v) is 12.2. The maximum atomic E-state index is 14.0. The van der Waals surface area contributed by atoms with Gasteiger partial charge in [0.25, 0.3) is 5.54 Å². The lowest BCUT2D eigenvalue weighted by molar-refractivity contribution is -0.591. The summed E-state index contributed by atoms with van der Waals surface area (Å²) >= 11 is 6.67. The van der Waals surface area contributed by atoms with Crippen molar-refractivity contribution in [3.8, 4) is 17.0 Å². The maximum absolute atomic E-state index is 14.0. The number of nitro groups is 1. The summed E-state index contributed by atoms with van der Waals surface area (Å²) in [5, 5.41) is 14.5. The molecule has 0 amide bonds. The number of fused-ring (bicyclic) bond motifs is 13. The molecule has 4 aliphatic rings. The molecule has 0 unspecified atom stereocenters. The number of benzene rings is 4. The molecule has 206 valence electrons. The molecule has 7 nitrogen and oxygen atoms in total. The zero-order valence-electron chi connectivity index (χ0n) is 22.5. The van der Waals surface area contributed by atoms with Gasteiger partial charge in [0, 0.05) is 27.6 Å². The van der Waals surface area contributed by atoms with Crippen molar-refractivity contribution < 1.29 is 9.66 Å². The summed E-state index contributed by atoms with van der Waals surface area (Å²) in [5.74, 6) is -0.0215. The highest BCUT2D eigenvalue weighted by Crippen LogP contribution is 2.72. The van der Waals surface area contributed by atoms with Gasteiger partial charge >= 0.3 is 0 Å². The molecule has 1 aliphatic carbocycles. The van der Waals surface area contributed by atoms with Gasteiger partial charge in [0.1, 0.15) is 11.3 Å². The third-order valence-corrected chi connectivity index (χ3v) is 10.2. The van der Waals surface area contributed by atoms with Crippen molar-refractivity contribution >= 4 is 22.6 Å². The van der Waals surface area contributed by atoms with Crippen LogP contribution in [0.4, 0.5) is 0 Å². The van der Waals surface area contributed by atoms with Gasteiger partial charge < -0.3 is 4.74 Å². The van der Waals surface area contributed by atoms with Crippen LogP contribution < -0.4 is 4.74 Å². The molecule has 9 rings (SSSR count). The van der Waals surface area contributed by atoms with Crippen LogP contribution in [0.1, 0.15) is 47.2 Å². The summed E-state index contributed by atoms with van der Waals surface area (Å²) in [6.45, 7) is 0.705. The first-order valence-corrected chi connectivity index (χ1v) is 14.7. The second-order valence-electron chi connectivity index (χ2n) is 11.7. The van der Waals surface area contributed by atoms with Crippen LogP contribution in [0.2, 0.25) is 5.02 Å². The van der Waals surface area contributed by atoms with Crippen molar-refractivity contribution in [3.63, 3.8) is 0 Å². The van der Waals surface area contributed by atoms with E-state index in [1.807, 2.05) is 78.9 Å². The highest BCUT2D eigenvalue weighted by Gasteiger charge is 2.82. The monoisotopic (exact) mass is 572 g/mol. The van der Waals surface area contributed by atoms with Crippen molar-refractivity contribution in [2.45, 2.75) is 42.0 Å². The average molecular weight is 573 g/mol. The van der Waals surface area contributed by atoms with E-state index in [0.29, 0.717) is 23.7 Å². The van der Waals surface area contributed by atoms with Crippen molar-refractivity contribution in [2.24, 2.45) is 0 Å². The van der Waals surface area contributed by atoms with Gasteiger partial charge in [-0.3, -0.25) is 15.0 Å². The van der Waals surface area contributed by atoms with Crippen LogP contribution in [-0.2, 0) is 5.54 Å². The predicted octanol–water partition coefficient (Wildman–Crippen LogP) is 6.92. The average Bonchev–Trinajstić information content (AvgIpc) is 3.68. The Morgan fingerprint density at radius 3 is 2.48 bits per heavy atom. The van der Waals surface area contributed by atoms with Crippen LogP contribution in [0.3, 0.4) is 0 Å². The Morgan fingerprint density at radius 1 is 0.929 bits per heavy atom. The van der Waals surface area contributed by atoms with E-state index in [4.69, 9.17) is 26.3 Å². The fourth-order valence-corrected chi connectivity index (χ4v) is 8.89. The first kappa shape index (κ1) is 24.3. The zero-order chi connectivity index (χ0) is 28.2. The van der Waals surface area contributed by atoms with Gasteiger partial charge in [-0.25, -0.2) is 9.97 Å². The summed E-state index contributed by atoms with van der Waals surface area (Å²) in [7, 11) is 0. The first-order chi connectivity index (χ1) is 20.6. The van der Waals surface area contributed by atoms with Crippen LogP contribution in [-0.4, -0.2) is 37.9 Å². The first-order valence-electron chi connectivity index (χ1n) is 14.4. The topological polar surface area (TPSA) is 81.4 Å². The molecule has 5 atom stereocenters. The van der Waals surface area contributed by atoms with Crippen LogP contribution >= 0.6 is 11.6 Å². The van der Waals surface area contributed by atoms with Crippen LogP contribution in [0.25, 0.3) is 22.3 Å². The number of hydrogen-bond acceptors (Lipinski definition) is 6. The molecule has 0 saturated carbocycles. The summed E-state index contributed by atoms with van der Waals surface area (Å²) in [6, 6.07) is 30.9. The molecule has 4 heterocycles.